The minimum absolute atomic E-state index is 0.0404. The first-order valence-corrected chi connectivity index (χ1v) is 4.60. The Morgan fingerprint density at radius 1 is 1.44 bits per heavy atom. The lowest BCUT2D eigenvalue weighted by Crippen LogP contribution is -2.03. The number of nitrogens with zero attached hydrogens (tertiary/aromatic N) is 3. The summed E-state index contributed by atoms with van der Waals surface area (Å²) in [6.45, 7) is 0.262. The van der Waals surface area contributed by atoms with Gasteiger partial charge < -0.3 is 5.11 Å². The molecule has 0 saturated carbocycles. The highest BCUT2D eigenvalue weighted by Crippen LogP contribution is 2.19. The third kappa shape index (κ3) is 2.00. The summed E-state index contributed by atoms with van der Waals surface area (Å²) in [4.78, 5) is 10.3. The smallest absolute Gasteiger partial charge is 0.274 e. The van der Waals surface area contributed by atoms with Crippen LogP contribution in [0, 0.1) is 10.1 Å². The van der Waals surface area contributed by atoms with E-state index in [1.54, 1.807) is 18.2 Å². The lowest BCUT2D eigenvalue weighted by atomic mass is 10.2. The molecular weight excluding hydrogens is 210 g/mol. The first-order valence-electron chi connectivity index (χ1n) is 4.60. The van der Waals surface area contributed by atoms with Crippen LogP contribution >= 0.6 is 0 Å². The molecule has 6 nitrogen and oxygen atoms in total. The number of nitro groups is 1. The van der Waals surface area contributed by atoms with E-state index >= 15 is 0 Å². The van der Waals surface area contributed by atoms with Gasteiger partial charge in [-0.05, 0) is 0 Å². The lowest BCUT2D eigenvalue weighted by Gasteiger charge is -2.02. The van der Waals surface area contributed by atoms with E-state index in [-0.39, 0.29) is 18.0 Å². The number of hydrogen-bond acceptors (Lipinski definition) is 4. The van der Waals surface area contributed by atoms with E-state index in [1.165, 1.54) is 23.1 Å². The number of aromatic nitrogens is 2. The summed E-state index contributed by atoms with van der Waals surface area (Å²) in [6, 6.07) is 6.45. The molecule has 82 valence electrons. The first-order chi connectivity index (χ1) is 7.66. The van der Waals surface area contributed by atoms with Crippen LogP contribution in [-0.4, -0.2) is 19.8 Å². The van der Waals surface area contributed by atoms with Crippen LogP contribution in [0.15, 0.2) is 36.7 Å². The Labute approximate surface area is 90.9 Å². The standard InChI is InChI=1S/C10H9N3O3/c14-9-5-11-12(7-9)6-8-3-1-2-4-10(8)13(15)16/h1-5,7,14H,6H2. The third-order valence-electron chi connectivity index (χ3n) is 2.14. The summed E-state index contributed by atoms with van der Waals surface area (Å²) in [5.74, 6) is 0.0404. The van der Waals surface area contributed by atoms with Gasteiger partial charge >= 0.3 is 0 Å². The second-order valence-corrected chi connectivity index (χ2v) is 3.28. The number of hydrogen-bond donors (Lipinski definition) is 1. The SMILES string of the molecule is O=[N+]([O-])c1ccccc1Cn1cc(O)cn1. The maximum Gasteiger partial charge on any atom is 0.274 e. The maximum absolute atomic E-state index is 10.7. The van der Waals surface area contributed by atoms with Gasteiger partial charge in [0.05, 0.1) is 29.4 Å². The van der Waals surface area contributed by atoms with E-state index in [4.69, 9.17) is 5.11 Å². The van der Waals surface area contributed by atoms with E-state index < -0.39 is 4.92 Å². The molecule has 0 aliphatic heterocycles. The summed E-state index contributed by atoms with van der Waals surface area (Å²) in [7, 11) is 0. The highest BCUT2D eigenvalue weighted by Gasteiger charge is 2.12. The minimum Gasteiger partial charge on any atom is -0.505 e. The maximum atomic E-state index is 10.7. The zero-order chi connectivity index (χ0) is 11.5. The molecule has 0 aliphatic rings. The second-order valence-electron chi connectivity index (χ2n) is 3.28. The molecule has 2 rings (SSSR count). The van der Waals surface area contributed by atoms with Crippen LogP contribution in [0.2, 0.25) is 0 Å². The molecule has 0 radical (unpaired) electrons. The molecule has 0 aliphatic carbocycles. The second kappa shape index (κ2) is 4.01. The van der Waals surface area contributed by atoms with E-state index in [2.05, 4.69) is 5.10 Å². The number of benzene rings is 1. The monoisotopic (exact) mass is 219 g/mol. The van der Waals surface area contributed by atoms with Crippen molar-refractivity contribution >= 4 is 5.69 Å². The summed E-state index contributed by atoms with van der Waals surface area (Å²) in [5, 5.41) is 23.7. The molecule has 0 unspecified atom stereocenters. The topological polar surface area (TPSA) is 81.2 Å². The van der Waals surface area contributed by atoms with Crippen LogP contribution in [0.1, 0.15) is 5.56 Å². The quantitative estimate of drug-likeness (QED) is 0.627. The van der Waals surface area contributed by atoms with Crippen LogP contribution < -0.4 is 0 Å². The average molecular weight is 219 g/mol. The molecule has 2 aromatic rings. The number of nitro benzene ring substituents is 1. The molecule has 0 atom stereocenters. The number of para-hydroxylation sites is 1. The fraction of sp³-hybridized carbons (Fsp3) is 0.100. The van der Waals surface area contributed by atoms with Crippen molar-refractivity contribution in [3.63, 3.8) is 0 Å². The molecule has 1 heterocycles. The molecule has 1 N–H and O–H groups in total. The van der Waals surface area contributed by atoms with Crippen molar-refractivity contribution in [3.05, 3.63) is 52.3 Å². The molecule has 0 amide bonds. The van der Waals surface area contributed by atoms with Gasteiger partial charge in [-0.25, -0.2) is 0 Å². The van der Waals surface area contributed by atoms with E-state index in [9.17, 15) is 10.1 Å². The van der Waals surface area contributed by atoms with Crippen LogP contribution in [0.3, 0.4) is 0 Å². The van der Waals surface area contributed by atoms with Crippen molar-refractivity contribution in [1.29, 1.82) is 0 Å². The predicted molar refractivity (Wildman–Crippen MR) is 56.1 cm³/mol. The van der Waals surface area contributed by atoms with Crippen molar-refractivity contribution in [2.45, 2.75) is 6.54 Å². The van der Waals surface area contributed by atoms with Gasteiger partial charge in [-0.1, -0.05) is 18.2 Å². The van der Waals surface area contributed by atoms with Gasteiger partial charge in [-0.3, -0.25) is 14.8 Å². The molecule has 0 spiro atoms. The molecule has 1 aromatic carbocycles. The van der Waals surface area contributed by atoms with Gasteiger partial charge in [-0.2, -0.15) is 5.10 Å². The van der Waals surface area contributed by atoms with Crippen LogP contribution in [0.25, 0.3) is 0 Å². The van der Waals surface area contributed by atoms with Gasteiger partial charge in [0.2, 0.25) is 0 Å². The largest absolute Gasteiger partial charge is 0.505 e. The van der Waals surface area contributed by atoms with E-state index in [1.807, 2.05) is 0 Å². The zero-order valence-corrected chi connectivity index (χ0v) is 8.28. The van der Waals surface area contributed by atoms with Crippen LogP contribution in [0.4, 0.5) is 5.69 Å². The van der Waals surface area contributed by atoms with Crippen LogP contribution in [-0.2, 0) is 6.54 Å². The molecule has 1 aromatic heterocycles. The Hall–Kier alpha value is -2.37. The molecule has 6 heteroatoms. The van der Waals surface area contributed by atoms with Crippen LogP contribution in [0.5, 0.6) is 5.75 Å². The number of aromatic hydroxyl groups is 1. The summed E-state index contributed by atoms with van der Waals surface area (Å²) >= 11 is 0. The fourth-order valence-corrected chi connectivity index (χ4v) is 1.44. The van der Waals surface area contributed by atoms with Crippen molar-refractivity contribution in [2.24, 2.45) is 0 Å². The Bertz CT molecular complexity index is 522. The highest BCUT2D eigenvalue weighted by atomic mass is 16.6. The molecule has 0 fully saturated rings. The van der Waals surface area contributed by atoms with E-state index in [0.29, 0.717) is 5.56 Å². The van der Waals surface area contributed by atoms with Gasteiger partial charge in [0.15, 0.2) is 5.75 Å². The van der Waals surface area contributed by atoms with Gasteiger partial charge in [-0.15, -0.1) is 0 Å². The summed E-state index contributed by atoms with van der Waals surface area (Å²) < 4.78 is 1.44. The third-order valence-corrected chi connectivity index (χ3v) is 2.14. The minimum atomic E-state index is -0.432. The lowest BCUT2D eigenvalue weighted by molar-refractivity contribution is -0.385. The molecule has 0 bridgehead atoms. The number of rotatable bonds is 3. The van der Waals surface area contributed by atoms with Crippen molar-refractivity contribution in [2.75, 3.05) is 0 Å². The first kappa shape index (κ1) is 10.2. The average Bonchev–Trinajstić information content (AvgIpc) is 2.64. The summed E-state index contributed by atoms with van der Waals surface area (Å²) in [5.41, 5.74) is 0.605. The van der Waals surface area contributed by atoms with Crippen molar-refractivity contribution < 1.29 is 10.0 Å². The van der Waals surface area contributed by atoms with Gasteiger partial charge in [0, 0.05) is 6.07 Å². The Morgan fingerprint density at radius 3 is 2.81 bits per heavy atom. The van der Waals surface area contributed by atoms with Gasteiger partial charge in [0.1, 0.15) is 0 Å². The Morgan fingerprint density at radius 2 is 2.19 bits per heavy atom. The summed E-state index contributed by atoms with van der Waals surface area (Å²) in [6.07, 6.45) is 2.70. The Kier molecular flexibility index (Phi) is 2.55. The zero-order valence-electron chi connectivity index (χ0n) is 8.28. The normalized spacial score (nSPS) is 10.2. The predicted octanol–water partition coefficient (Wildman–Crippen LogP) is 1.55. The van der Waals surface area contributed by atoms with Gasteiger partial charge in [0.25, 0.3) is 5.69 Å². The van der Waals surface area contributed by atoms with Crippen molar-refractivity contribution in [3.8, 4) is 5.75 Å². The Balaban J connectivity index is 2.31. The fourth-order valence-electron chi connectivity index (χ4n) is 1.44. The highest BCUT2D eigenvalue weighted by molar-refractivity contribution is 5.39. The molecule has 16 heavy (non-hydrogen) atoms. The van der Waals surface area contributed by atoms with Crippen molar-refractivity contribution in [1.82, 2.24) is 9.78 Å². The molecular formula is C10H9N3O3. The molecule has 0 saturated heterocycles. The van der Waals surface area contributed by atoms with E-state index in [0.717, 1.165) is 0 Å².